The van der Waals surface area contributed by atoms with Crippen LogP contribution in [0.15, 0.2) is 18.2 Å². The molecule has 1 aromatic carbocycles. The summed E-state index contributed by atoms with van der Waals surface area (Å²) in [6.45, 7) is 4.76. The van der Waals surface area contributed by atoms with Gasteiger partial charge in [-0.05, 0) is 38.1 Å². The fourth-order valence-corrected chi connectivity index (χ4v) is 2.60. The van der Waals surface area contributed by atoms with E-state index in [0.717, 1.165) is 30.2 Å². The summed E-state index contributed by atoms with van der Waals surface area (Å²) in [5, 5.41) is 0. The Hall–Kier alpha value is -1.26. The highest BCUT2D eigenvalue weighted by atomic mass is 16.5. The van der Waals surface area contributed by atoms with E-state index in [1.165, 1.54) is 25.9 Å². The zero-order valence-electron chi connectivity index (χ0n) is 10.6. The van der Waals surface area contributed by atoms with E-state index in [1.54, 1.807) is 0 Å². The van der Waals surface area contributed by atoms with Gasteiger partial charge in [-0.2, -0.15) is 0 Å². The molecule has 1 aromatic rings. The summed E-state index contributed by atoms with van der Waals surface area (Å²) >= 11 is 0. The Morgan fingerprint density at radius 3 is 3.00 bits per heavy atom. The van der Waals surface area contributed by atoms with Crippen LogP contribution in [0.1, 0.15) is 24.4 Å². The van der Waals surface area contributed by atoms with Crippen LogP contribution >= 0.6 is 0 Å². The van der Waals surface area contributed by atoms with E-state index in [9.17, 15) is 0 Å². The highest BCUT2D eigenvalue weighted by Crippen LogP contribution is 2.33. The van der Waals surface area contributed by atoms with E-state index in [1.807, 2.05) is 18.2 Å². The lowest BCUT2D eigenvalue weighted by Gasteiger charge is -2.15. The van der Waals surface area contributed by atoms with Gasteiger partial charge in [0.25, 0.3) is 0 Å². The predicted octanol–water partition coefficient (Wildman–Crippen LogP) is 1.55. The average Bonchev–Trinajstić information content (AvgIpc) is 3.00. The van der Waals surface area contributed by atoms with Crippen LogP contribution in [0.3, 0.4) is 0 Å². The summed E-state index contributed by atoms with van der Waals surface area (Å²) in [5.74, 6) is 1.75. The van der Waals surface area contributed by atoms with Crippen molar-refractivity contribution in [2.24, 2.45) is 5.73 Å². The molecule has 2 N–H and O–H groups in total. The van der Waals surface area contributed by atoms with E-state index in [4.69, 9.17) is 15.2 Å². The normalized spacial score (nSPS) is 22.8. The highest BCUT2D eigenvalue weighted by Gasteiger charge is 2.20. The molecule has 18 heavy (non-hydrogen) atoms. The van der Waals surface area contributed by atoms with E-state index in [-0.39, 0.29) is 6.04 Å². The van der Waals surface area contributed by atoms with Crippen LogP contribution in [0.2, 0.25) is 0 Å². The number of fused-ring (bicyclic) bond motifs is 1. The van der Waals surface area contributed by atoms with Crippen LogP contribution in [0.25, 0.3) is 0 Å². The number of hydrogen-bond donors (Lipinski definition) is 1. The Morgan fingerprint density at radius 2 is 2.17 bits per heavy atom. The van der Waals surface area contributed by atoms with Crippen LogP contribution in [-0.4, -0.2) is 37.7 Å². The summed E-state index contributed by atoms with van der Waals surface area (Å²) in [4.78, 5) is 2.44. The quantitative estimate of drug-likeness (QED) is 0.878. The first-order chi connectivity index (χ1) is 8.83. The van der Waals surface area contributed by atoms with Gasteiger partial charge in [0.15, 0.2) is 0 Å². The molecule has 0 spiro atoms. The largest absolute Gasteiger partial charge is 0.492 e. The Labute approximate surface area is 108 Å². The molecule has 1 atom stereocenters. The number of benzene rings is 1. The number of ether oxygens (including phenoxy) is 2. The van der Waals surface area contributed by atoms with Gasteiger partial charge in [-0.1, -0.05) is 0 Å². The second-order valence-electron chi connectivity index (χ2n) is 5.01. The molecule has 2 heterocycles. The van der Waals surface area contributed by atoms with E-state index in [2.05, 4.69) is 4.90 Å². The van der Waals surface area contributed by atoms with Gasteiger partial charge in [0.1, 0.15) is 24.7 Å². The van der Waals surface area contributed by atoms with Gasteiger partial charge in [-0.15, -0.1) is 0 Å². The standard InChI is InChI=1S/C14H20N2O2/c15-13-10-18-14-9-11(3-4-12(13)14)17-8-7-16-5-1-2-6-16/h3-4,9,13H,1-2,5-8,10,15H2. The smallest absolute Gasteiger partial charge is 0.127 e. The maximum absolute atomic E-state index is 5.91. The Balaban J connectivity index is 1.53. The van der Waals surface area contributed by atoms with Gasteiger partial charge in [-0.25, -0.2) is 0 Å². The van der Waals surface area contributed by atoms with Crippen LogP contribution in [0, 0.1) is 0 Å². The molecular weight excluding hydrogens is 228 g/mol. The first-order valence-corrected chi connectivity index (χ1v) is 6.70. The zero-order valence-corrected chi connectivity index (χ0v) is 10.6. The minimum atomic E-state index is 0.0126. The van der Waals surface area contributed by atoms with Crippen molar-refractivity contribution in [2.45, 2.75) is 18.9 Å². The Kier molecular flexibility index (Phi) is 3.39. The van der Waals surface area contributed by atoms with Crippen LogP contribution in [0.4, 0.5) is 0 Å². The monoisotopic (exact) mass is 248 g/mol. The number of hydrogen-bond acceptors (Lipinski definition) is 4. The molecule has 1 fully saturated rings. The van der Waals surface area contributed by atoms with Crippen LogP contribution < -0.4 is 15.2 Å². The average molecular weight is 248 g/mol. The van der Waals surface area contributed by atoms with Crippen molar-refractivity contribution < 1.29 is 9.47 Å². The number of nitrogens with two attached hydrogens (primary N) is 1. The van der Waals surface area contributed by atoms with Crippen molar-refractivity contribution in [1.82, 2.24) is 4.90 Å². The van der Waals surface area contributed by atoms with E-state index < -0.39 is 0 Å². The highest BCUT2D eigenvalue weighted by molar-refractivity contribution is 5.44. The predicted molar refractivity (Wildman–Crippen MR) is 70.0 cm³/mol. The van der Waals surface area contributed by atoms with Gasteiger partial charge >= 0.3 is 0 Å². The van der Waals surface area contributed by atoms with Gasteiger partial charge in [0, 0.05) is 18.2 Å². The second kappa shape index (κ2) is 5.16. The van der Waals surface area contributed by atoms with Crippen molar-refractivity contribution in [3.63, 3.8) is 0 Å². The number of rotatable bonds is 4. The van der Waals surface area contributed by atoms with Gasteiger partial charge < -0.3 is 15.2 Å². The van der Waals surface area contributed by atoms with Crippen molar-refractivity contribution in [2.75, 3.05) is 32.8 Å². The summed E-state index contributed by atoms with van der Waals surface area (Å²) < 4.78 is 11.3. The molecule has 0 aliphatic carbocycles. The minimum Gasteiger partial charge on any atom is -0.492 e. The maximum atomic E-state index is 5.91. The van der Waals surface area contributed by atoms with Gasteiger partial charge in [0.2, 0.25) is 0 Å². The molecule has 1 saturated heterocycles. The summed E-state index contributed by atoms with van der Waals surface area (Å²) in [6.07, 6.45) is 2.65. The molecule has 1 unspecified atom stereocenters. The first kappa shape index (κ1) is 11.8. The molecule has 0 saturated carbocycles. The van der Waals surface area contributed by atoms with Crippen molar-refractivity contribution >= 4 is 0 Å². The SMILES string of the molecule is NC1COc2cc(OCCN3CCCC3)ccc21. The van der Waals surface area contributed by atoms with Crippen molar-refractivity contribution in [3.8, 4) is 11.5 Å². The molecule has 2 aliphatic rings. The fourth-order valence-electron chi connectivity index (χ4n) is 2.60. The van der Waals surface area contributed by atoms with E-state index >= 15 is 0 Å². The Morgan fingerprint density at radius 1 is 1.33 bits per heavy atom. The molecule has 3 rings (SSSR count). The van der Waals surface area contributed by atoms with Crippen molar-refractivity contribution in [3.05, 3.63) is 23.8 Å². The summed E-state index contributed by atoms with van der Waals surface area (Å²) in [7, 11) is 0. The lowest BCUT2D eigenvalue weighted by atomic mass is 10.1. The topological polar surface area (TPSA) is 47.7 Å². The third kappa shape index (κ3) is 2.44. The van der Waals surface area contributed by atoms with Gasteiger partial charge in [-0.3, -0.25) is 4.90 Å². The first-order valence-electron chi connectivity index (χ1n) is 6.70. The van der Waals surface area contributed by atoms with E-state index in [0.29, 0.717) is 6.61 Å². The van der Waals surface area contributed by atoms with Gasteiger partial charge in [0.05, 0.1) is 6.04 Å². The van der Waals surface area contributed by atoms with Crippen LogP contribution in [-0.2, 0) is 0 Å². The zero-order chi connectivity index (χ0) is 12.4. The number of likely N-dealkylation sites (tertiary alicyclic amines) is 1. The molecule has 98 valence electrons. The molecule has 0 aromatic heterocycles. The molecule has 2 aliphatic heterocycles. The summed E-state index contributed by atoms with van der Waals surface area (Å²) in [6, 6.07) is 5.96. The minimum absolute atomic E-state index is 0.0126. The second-order valence-corrected chi connectivity index (χ2v) is 5.01. The number of nitrogens with zero attached hydrogens (tertiary/aromatic N) is 1. The lowest BCUT2D eigenvalue weighted by Crippen LogP contribution is -2.25. The fraction of sp³-hybridized carbons (Fsp3) is 0.571. The van der Waals surface area contributed by atoms with Crippen LogP contribution in [0.5, 0.6) is 11.5 Å². The lowest BCUT2D eigenvalue weighted by molar-refractivity contribution is 0.237. The molecule has 4 nitrogen and oxygen atoms in total. The molecule has 0 amide bonds. The molecule has 0 radical (unpaired) electrons. The van der Waals surface area contributed by atoms with Crippen molar-refractivity contribution in [1.29, 1.82) is 0 Å². The molecule has 4 heteroatoms. The third-order valence-corrected chi connectivity index (χ3v) is 3.68. The molecule has 0 bridgehead atoms. The maximum Gasteiger partial charge on any atom is 0.127 e. The Bertz CT molecular complexity index is 416. The third-order valence-electron chi connectivity index (χ3n) is 3.68. The summed E-state index contributed by atoms with van der Waals surface area (Å²) in [5.41, 5.74) is 6.99. The molecular formula is C14H20N2O2.